The molecule has 7 nitrogen and oxygen atoms in total. The summed E-state index contributed by atoms with van der Waals surface area (Å²) in [4.78, 5) is 25.7. The van der Waals surface area contributed by atoms with Gasteiger partial charge in [0.1, 0.15) is 23.3 Å². The number of nitrogens with two attached hydrogens (primary N) is 1. The number of aromatic amines is 1. The monoisotopic (exact) mass is 469 g/mol. The van der Waals surface area contributed by atoms with Gasteiger partial charge >= 0.3 is 0 Å². The van der Waals surface area contributed by atoms with E-state index in [1.54, 1.807) is 0 Å². The summed E-state index contributed by atoms with van der Waals surface area (Å²) in [6, 6.07) is 6.56. The number of benzene rings is 1. The standard InChI is InChI=1S/C25H31N5O2.ClH/c1-14-3-10-20(32-12-16-4-5-16)19(11-14)22-24-23(28-13-27-22)21(15(2)29-24)25(31)30-18-8-6-17(26)7-9-18;/h3,10-11,13,16-18,29H,4-9,12,26H2,1-2H3,(H,30,31);1H/t17-,18-;. The average Bonchev–Trinajstić information content (AvgIpc) is 3.54. The van der Waals surface area contributed by atoms with Crippen molar-refractivity contribution in [1.82, 2.24) is 20.3 Å². The lowest BCUT2D eigenvalue weighted by molar-refractivity contribution is 0.0927. The minimum Gasteiger partial charge on any atom is -0.493 e. The maximum atomic E-state index is 13.2. The molecule has 2 aliphatic carbocycles. The summed E-state index contributed by atoms with van der Waals surface area (Å²) in [5, 5.41) is 3.19. The number of carbonyl (C=O) groups excluding carboxylic acids is 1. The van der Waals surface area contributed by atoms with Crippen molar-refractivity contribution in [3.05, 3.63) is 41.3 Å². The molecule has 2 fully saturated rings. The highest BCUT2D eigenvalue weighted by Crippen LogP contribution is 2.37. The molecule has 0 aliphatic heterocycles. The minimum absolute atomic E-state index is 0. The van der Waals surface area contributed by atoms with E-state index >= 15 is 0 Å². The fraction of sp³-hybridized carbons (Fsp3) is 0.480. The SMILES string of the molecule is Cc1ccc(OCC2CC2)c(-c2ncnc3c(C(=O)N[C@H]4CC[C@H](N)CC4)c(C)[nH]c23)c1.Cl. The van der Waals surface area contributed by atoms with Crippen LogP contribution in [0.1, 0.15) is 60.1 Å². The largest absolute Gasteiger partial charge is 0.493 e. The number of H-pyrrole nitrogens is 1. The second-order valence-corrected chi connectivity index (χ2v) is 9.41. The van der Waals surface area contributed by atoms with Crippen LogP contribution >= 0.6 is 12.4 Å². The van der Waals surface area contributed by atoms with Crippen LogP contribution in [-0.4, -0.2) is 39.5 Å². The maximum Gasteiger partial charge on any atom is 0.255 e. The van der Waals surface area contributed by atoms with E-state index in [-0.39, 0.29) is 30.4 Å². The van der Waals surface area contributed by atoms with Crippen molar-refractivity contribution in [3.63, 3.8) is 0 Å². The molecule has 0 radical (unpaired) electrons. The first kappa shape index (κ1) is 23.5. The lowest BCUT2D eigenvalue weighted by Gasteiger charge is -2.26. The van der Waals surface area contributed by atoms with Gasteiger partial charge in [-0.25, -0.2) is 9.97 Å². The van der Waals surface area contributed by atoms with Crippen molar-refractivity contribution in [3.8, 4) is 17.0 Å². The van der Waals surface area contributed by atoms with Gasteiger partial charge in [0.25, 0.3) is 5.91 Å². The van der Waals surface area contributed by atoms with Crippen molar-refractivity contribution in [2.45, 2.75) is 64.5 Å². The highest BCUT2D eigenvalue weighted by Gasteiger charge is 2.26. The lowest BCUT2D eigenvalue weighted by Crippen LogP contribution is -2.40. The smallest absolute Gasteiger partial charge is 0.255 e. The second-order valence-electron chi connectivity index (χ2n) is 9.41. The molecule has 2 aliphatic rings. The molecule has 0 bridgehead atoms. The van der Waals surface area contributed by atoms with Crippen LogP contribution in [0.2, 0.25) is 0 Å². The number of amides is 1. The highest BCUT2D eigenvalue weighted by molar-refractivity contribution is 6.09. The minimum atomic E-state index is -0.0895. The van der Waals surface area contributed by atoms with Crippen LogP contribution in [0, 0.1) is 19.8 Å². The van der Waals surface area contributed by atoms with E-state index in [0.717, 1.165) is 66.1 Å². The summed E-state index contributed by atoms with van der Waals surface area (Å²) in [6.45, 7) is 4.70. The third-order valence-electron chi connectivity index (χ3n) is 6.67. The van der Waals surface area contributed by atoms with Crippen molar-refractivity contribution < 1.29 is 9.53 Å². The Labute approximate surface area is 200 Å². The normalized spacial score (nSPS) is 20.3. The molecule has 176 valence electrons. The number of nitrogens with one attached hydrogen (secondary N) is 2. The molecule has 2 aromatic heterocycles. The number of ether oxygens (including phenoxy) is 1. The molecule has 1 aromatic carbocycles. The zero-order valence-corrected chi connectivity index (χ0v) is 20.0. The number of carbonyl (C=O) groups is 1. The van der Waals surface area contributed by atoms with Gasteiger partial charge in [-0.1, -0.05) is 11.6 Å². The Morgan fingerprint density at radius 3 is 2.64 bits per heavy atom. The van der Waals surface area contributed by atoms with E-state index in [1.165, 1.54) is 19.2 Å². The molecule has 2 saturated carbocycles. The molecular weight excluding hydrogens is 438 g/mol. The Bertz CT molecular complexity index is 1150. The van der Waals surface area contributed by atoms with Gasteiger partial charge in [0.2, 0.25) is 0 Å². The summed E-state index contributed by atoms with van der Waals surface area (Å²) in [6.07, 6.45) is 7.73. The van der Waals surface area contributed by atoms with Gasteiger partial charge in [0.05, 0.1) is 17.7 Å². The molecule has 0 saturated heterocycles. The van der Waals surface area contributed by atoms with Crippen molar-refractivity contribution in [2.24, 2.45) is 11.7 Å². The molecule has 3 aromatic rings. The van der Waals surface area contributed by atoms with E-state index < -0.39 is 0 Å². The number of aromatic nitrogens is 3. The van der Waals surface area contributed by atoms with Crippen LogP contribution < -0.4 is 15.8 Å². The van der Waals surface area contributed by atoms with Gasteiger partial charge in [0, 0.05) is 23.3 Å². The van der Waals surface area contributed by atoms with Crippen LogP contribution in [0.3, 0.4) is 0 Å². The van der Waals surface area contributed by atoms with Gasteiger partial charge in [-0.3, -0.25) is 4.79 Å². The molecular formula is C25H32ClN5O2. The fourth-order valence-electron chi connectivity index (χ4n) is 4.57. The van der Waals surface area contributed by atoms with Gasteiger partial charge in [0.15, 0.2) is 0 Å². The summed E-state index contributed by atoms with van der Waals surface area (Å²) < 4.78 is 6.15. The van der Waals surface area contributed by atoms with Crippen molar-refractivity contribution >= 4 is 29.3 Å². The number of rotatable bonds is 6. The molecule has 0 atom stereocenters. The molecule has 33 heavy (non-hydrogen) atoms. The molecule has 8 heteroatoms. The number of aryl methyl sites for hydroxylation is 2. The Morgan fingerprint density at radius 2 is 1.91 bits per heavy atom. The zero-order valence-electron chi connectivity index (χ0n) is 19.2. The summed E-state index contributed by atoms with van der Waals surface area (Å²) >= 11 is 0. The summed E-state index contributed by atoms with van der Waals surface area (Å²) in [5.41, 5.74) is 11.6. The molecule has 0 spiro atoms. The lowest BCUT2D eigenvalue weighted by atomic mass is 9.91. The summed E-state index contributed by atoms with van der Waals surface area (Å²) in [5.74, 6) is 1.39. The third kappa shape index (κ3) is 4.99. The average molecular weight is 470 g/mol. The third-order valence-corrected chi connectivity index (χ3v) is 6.67. The molecule has 5 rings (SSSR count). The van der Waals surface area contributed by atoms with Gasteiger partial charge in [-0.2, -0.15) is 0 Å². The van der Waals surface area contributed by atoms with Gasteiger partial charge in [-0.05, 0) is 70.4 Å². The topological polar surface area (TPSA) is 106 Å². The Kier molecular flexibility index (Phi) is 6.91. The second kappa shape index (κ2) is 9.69. The Morgan fingerprint density at radius 1 is 1.15 bits per heavy atom. The number of nitrogens with zero attached hydrogens (tertiary/aromatic N) is 2. The van der Waals surface area contributed by atoms with Crippen LogP contribution in [0.5, 0.6) is 5.75 Å². The van der Waals surface area contributed by atoms with Gasteiger partial charge < -0.3 is 20.8 Å². The Hall–Kier alpha value is -2.64. The van der Waals surface area contributed by atoms with E-state index in [2.05, 4.69) is 39.3 Å². The van der Waals surface area contributed by atoms with Crippen LogP contribution in [0.25, 0.3) is 22.3 Å². The van der Waals surface area contributed by atoms with Crippen LogP contribution in [-0.2, 0) is 0 Å². The quantitative estimate of drug-likeness (QED) is 0.494. The molecule has 2 heterocycles. The van der Waals surface area contributed by atoms with Crippen LogP contribution in [0.15, 0.2) is 24.5 Å². The molecule has 4 N–H and O–H groups in total. The van der Waals surface area contributed by atoms with Crippen LogP contribution in [0.4, 0.5) is 0 Å². The van der Waals surface area contributed by atoms with Crippen molar-refractivity contribution in [2.75, 3.05) is 6.61 Å². The Balaban J connectivity index is 0.00000259. The first-order valence-electron chi connectivity index (χ1n) is 11.6. The van der Waals surface area contributed by atoms with E-state index in [4.69, 9.17) is 10.5 Å². The predicted molar refractivity (Wildman–Crippen MR) is 132 cm³/mol. The number of hydrogen-bond acceptors (Lipinski definition) is 5. The first-order chi connectivity index (χ1) is 15.5. The maximum absolute atomic E-state index is 13.2. The number of hydrogen-bond donors (Lipinski definition) is 3. The molecule has 0 unspecified atom stereocenters. The van der Waals surface area contributed by atoms with Crippen molar-refractivity contribution in [1.29, 1.82) is 0 Å². The number of halogens is 1. The van der Waals surface area contributed by atoms with E-state index in [0.29, 0.717) is 17.0 Å². The van der Waals surface area contributed by atoms with Gasteiger partial charge in [-0.15, -0.1) is 12.4 Å². The zero-order chi connectivity index (χ0) is 22.2. The fourth-order valence-corrected chi connectivity index (χ4v) is 4.57. The molecule has 1 amide bonds. The van der Waals surface area contributed by atoms with E-state index in [9.17, 15) is 4.79 Å². The first-order valence-corrected chi connectivity index (χ1v) is 11.6. The van der Waals surface area contributed by atoms with E-state index in [1.807, 2.05) is 13.0 Å². The number of fused-ring (bicyclic) bond motifs is 1. The highest BCUT2D eigenvalue weighted by atomic mass is 35.5. The predicted octanol–water partition coefficient (Wildman–Crippen LogP) is 4.45. The summed E-state index contributed by atoms with van der Waals surface area (Å²) in [7, 11) is 0.